The van der Waals surface area contributed by atoms with Gasteiger partial charge in [-0.25, -0.2) is 9.18 Å². The van der Waals surface area contributed by atoms with E-state index in [1.165, 1.54) is 23.5 Å². The number of amides is 4. The summed E-state index contributed by atoms with van der Waals surface area (Å²) >= 11 is 1.51. The van der Waals surface area contributed by atoms with E-state index >= 15 is 0 Å². The zero-order valence-electron chi connectivity index (χ0n) is 16.3. The van der Waals surface area contributed by atoms with Crippen LogP contribution in [-0.2, 0) is 9.59 Å². The lowest BCUT2D eigenvalue weighted by Gasteiger charge is -2.30. The average molecular weight is 431 g/mol. The number of urea groups is 1. The molecule has 1 aliphatic heterocycles. The molecule has 2 aliphatic rings. The average Bonchev–Trinajstić information content (AvgIpc) is 3.34. The number of hydrogen-bond acceptors (Lipinski definition) is 5. The van der Waals surface area contributed by atoms with Gasteiger partial charge >= 0.3 is 6.03 Å². The molecule has 1 atom stereocenters. The Labute approximate surface area is 177 Å². The first-order valence-electron chi connectivity index (χ1n) is 9.97. The van der Waals surface area contributed by atoms with Crippen molar-refractivity contribution >= 4 is 29.2 Å². The molecule has 1 aromatic heterocycles. The molecule has 1 saturated carbocycles. The Morgan fingerprint density at radius 1 is 1.17 bits per heavy atom. The maximum absolute atomic E-state index is 13.3. The summed E-state index contributed by atoms with van der Waals surface area (Å²) in [4.78, 5) is 38.6. The number of carbonyl (C=O) groups excluding carboxylic acids is 3. The van der Waals surface area contributed by atoms with E-state index in [0.29, 0.717) is 12.8 Å². The van der Waals surface area contributed by atoms with E-state index in [0.717, 1.165) is 34.7 Å². The molecule has 7 nitrogen and oxygen atoms in total. The molecule has 0 radical (unpaired) electrons. The first-order valence-corrected chi connectivity index (χ1v) is 10.8. The summed E-state index contributed by atoms with van der Waals surface area (Å²) in [5.41, 5.74) is 2.35. The maximum atomic E-state index is 13.3. The van der Waals surface area contributed by atoms with Crippen molar-refractivity contribution < 1.29 is 18.8 Å². The van der Waals surface area contributed by atoms with E-state index in [4.69, 9.17) is 0 Å². The van der Waals surface area contributed by atoms with Crippen LogP contribution in [-0.4, -0.2) is 34.9 Å². The molecule has 4 amide bonds. The number of halogens is 1. The molecule has 1 aromatic carbocycles. The van der Waals surface area contributed by atoms with E-state index in [1.807, 2.05) is 17.5 Å². The number of imide groups is 1. The van der Waals surface area contributed by atoms with Gasteiger partial charge in [0, 0.05) is 4.88 Å². The number of nitrogens with one attached hydrogen (secondary N) is 3. The van der Waals surface area contributed by atoms with Gasteiger partial charge in [0.15, 0.2) is 0 Å². The fraction of sp³-hybridized carbons (Fsp3) is 0.381. The normalized spacial score (nSPS) is 19.0. The van der Waals surface area contributed by atoms with Gasteiger partial charge in [-0.3, -0.25) is 20.3 Å². The van der Waals surface area contributed by atoms with Gasteiger partial charge in [-0.05, 0) is 42.0 Å². The van der Waals surface area contributed by atoms with Gasteiger partial charge in [-0.2, -0.15) is 5.01 Å². The topological polar surface area (TPSA) is 90.5 Å². The maximum Gasteiger partial charge on any atom is 0.344 e. The van der Waals surface area contributed by atoms with Crippen LogP contribution in [0.4, 0.5) is 9.18 Å². The largest absolute Gasteiger partial charge is 0.344 e. The van der Waals surface area contributed by atoms with Crippen molar-refractivity contribution in [3.8, 4) is 0 Å². The Bertz CT molecular complexity index is 926. The number of nitrogens with zero attached hydrogens (tertiary/aromatic N) is 1. The summed E-state index contributed by atoms with van der Waals surface area (Å²) in [5, 5.41) is 8.62. The highest BCUT2D eigenvalue weighted by Gasteiger charge is 2.52. The van der Waals surface area contributed by atoms with Gasteiger partial charge in [0.1, 0.15) is 11.4 Å². The molecule has 1 aliphatic carbocycles. The number of hydrazine groups is 1. The molecular weight excluding hydrogens is 407 g/mol. The molecule has 158 valence electrons. The van der Waals surface area contributed by atoms with E-state index in [2.05, 4.69) is 16.1 Å². The third kappa shape index (κ3) is 4.08. The zero-order valence-corrected chi connectivity index (χ0v) is 17.1. The minimum Gasteiger partial charge on any atom is -0.322 e. The van der Waals surface area contributed by atoms with E-state index in [9.17, 15) is 18.8 Å². The van der Waals surface area contributed by atoms with Crippen LogP contribution in [0.1, 0.15) is 48.6 Å². The summed E-state index contributed by atoms with van der Waals surface area (Å²) in [6.07, 6.45) is 3.96. The van der Waals surface area contributed by atoms with Crippen molar-refractivity contribution in [1.82, 2.24) is 21.1 Å². The summed E-state index contributed by atoms with van der Waals surface area (Å²) in [7, 11) is 0. The standard InChI is InChI=1S/C21H23FN4O3S/c22-15-8-6-14(7-9-15)18(16-5-4-12-30-16)23-13-17(27)25-26-19(28)21(24-20(26)29)10-2-1-3-11-21/h4-9,12,18,23H,1-3,10-11,13H2,(H,24,29)(H,25,27)/t18-/m1/s1. The summed E-state index contributed by atoms with van der Waals surface area (Å²) in [5.74, 6) is -1.24. The zero-order chi connectivity index (χ0) is 21.1. The second kappa shape index (κ2) is 8.53. The lowest BCUT2D eigenvalue weighted by Crippen LogP contribution is -2.52. The van der Waals surface area contributed by atoms with E-state index in [1.54, 1.807) is 12.1 Å². The van der Waals surface area contributed by atoms with E-state index < -0.39 is 23.4 Å². The molecule has 2 heterocycles. The first-order chi connectivity index (χ1) is 14.5. The van der Waals surface area contributed by atoms with Gasteiger partial charge in [0.2, 0.25) is 0 Å². The molecule has 4 rings (SSSR count). The molecule has 1 saturated heterocycles. The van der Waals surface area contributed by atoms with Crippen molar-refractivity contribution in [3.05, 3.63) is 58.0 Å². The van der Waals surface area contributed by atoms with Crippen molar-refractivity contribution in [2.24, 2.45) is 0 Å². The Morgan fingerprint density at radius 2 is 1.90 bits per heavy atom. The lowest BCUT2D eigenvalue weighted by molar-refractivity contribution is -0.139. The second-order valence-corrected chi connectivity index (χ2v) is 8.61. The van der Waals surface area contributed by atoms with Crippen LogP contribution < -0.4 is 16.1 Å². The van der Waals surface area contributed by atoms with Gasteiger partial charge in [-0.1, -0.05) is 37.5 Å². The number of hydrogen-bond donors (Lipinski definition) is 3. The molecule has 2 aromatic rings. The smallest absolute Gasteiger partial charge is 0.322 e. The van der Waals surface area contributed by atoms with Crippen LogP contribution in [0.15, 0.2) is 41.8 Å². The lowest BCUT2D eigenvalue weighted by atomic mass is 9.82. The number of carbonyl (C=O) groups is 3. The highest BCUT2D eigenvalue weighted by atomic mass is 32.1. The number of thiophene rings is 1. The first kappa shape index (κ1) is 20.5. The van der Waals surface area contributed by atoms with Crippen molar-refractivity contribution in [2.45, 2.75) is 43.7 Å². The fourth-order valence-electron chi connectivity index (χ4n) is 4.07. The predicted octanol–water partition coefficient (Wildman–Crippen LogP) is 2.85. The molecular formula is C21H23FN4O3S. The van der Waals surface area contributed by atoms with Crippen molar-refractivity contribution in [3.63, 3.8) is 0 Å². The monoisotopic (exact) mass is 430 g/mol. The number of benzene rings is 1. The molecule has 3 N–H and O–H groups in total. The third-order valence-corrected chi connectivity index (χ3v) is 6.54. The van der Waals surface area contributed by atoms with Gasteiger partial charge < -0.3 is 5.32 Å². The molecule has 0 bridgehead atoms. The van der Waals surface area contributed by atoms with Crippen LogP contribution in [0, 0.1) is 5.82 Å². The van der Waals surface area contributed by atoms with Gasteiger partial charge in [0.05, 0.1) is 12.6 Å². The highest BCUT2D eigenvalue weighted by Crippen LogP contribution is 2.33. The SMILES string of the molecule is O=C(CN[C@H](c1ccc(F)cc1)c1cccs1)NN1C(=O)NC2(CCCCC2)C1=O. The van der Waals surface area contributed by atoms with Crippen molar-refractivity contribution in [1.29, 1.82) is 0 Å². The Morgan fingerprint density at radius 3 is 2.57 bits per heavy atom. The fourth-order valence-corrected chi connectivity index (χ4v) is 4.90. The van der Waals surface area contributed by atoms with Crippen LogP contribution in [0.2, 0.25) is 0 Å². The Kier molecular flexibility index (Phi) is 5.83. The minimum absolute atomic E-state index is 0.121. The Hall–Kier alpha value is -2.78. The predicted molar refractivity (Wildman–Crippen MR) is 110 cm³/mol. The minimum atomic E-state index is -0.885. The van der Waals surface area contributed by atoms with Crippen LogP contribution in [0.3, 0.4) is 0 Å². The second-order valence-electron chi connectivity index (χ2n) is 7.63. The molecule has 2 fully saturated rings. The van der Waals surface area contributed by atoms with Crippen molar-refractivity contribution in [2.75, 3.05) is 6.54 Å². The number of rotatable bonds is 6. The molecule has 9 heteroatoms. The van der Waals surface area contributed by atoms with Crippen LogP contribution in [0.5, 0.6) is 0 Å². The summed E-state index contributed by atoms with van der Waals surface area (Å²) < 4.78 is 13.3. The molecule has 30 heavy (non-hydrogen) atoms. The van der Waals surface area contributed by atoms with Gasteiger partial charge in [0.25, 0.3) is 11.8 Å². The van der Waals surface area contributed by atoms with Crippen LogP contribution >= 0.6 is 11.3 Å². The molecule has 0 unspecified atom stereocenters. The quantitative estimate of drug-likeness (QED) is 0.615. The third-order valence-electron chi connectivity index (χ3n) is 5.60. The summed E-state index contributed by atoms with van der Waals surface area (Å²) in [6, 6.07) is 8.98. The van der Waals surface area contributed by atoms with E-state index in [-0.39, 0.29) is 18.4 Å². The van der Waals surface area contributed by atoms with Gasteiger partial charge in [-0.15, -0.1) is 11.3 Å². The summed E-state index contributed by atoms with van der Waals surface area (Å²) in [6.45, 7) is -0.121. The highest BCUT2D eigenvalue weighted by molar-refractivity contribution is 7.10. The van der Waals surface area contributed by atoms with Crippen LogP contribution in [0.25, 0.3) is 0 Å². The molecule has 1 spiro atoms. The Balaban J connectivity index is 1.41.